The number of nitrogens with two attached hydrogens (primary N) is 1. The topological polar surface area (TPSA) is 68.0 Å². The summed E-state index contributed by atoms with van der Waals surface area (Å²) in [7, 11) is 0. The standard InChI is InChI=1S/C11H17N3O/c1-2-3-4-6-14-11(15)9-5-7-13-8-10(9)12/h5,7-8H,2-4,6,12H2,1H3,(H,14,15). The number of nitrogens with one attached hydrogen (secondary N) is 1. The minimum absolute atomic E-state index is 0.119. The van der Waals surface area contributed by atoms with Crippen LogP contribution >= 0.6 is 0 Å². The summed E-state index contributed by atoms with van der Waals surface area (Å²) in [6.45, 7) is 2.83. The number of hydrogen-bond acceptors (Lipinski definition) is 3. The maximum absolute atomic E-state index is 11.6. The molecule has 0 fully saturated rings. The zero-order valence-corrected chi connectivity index (χ0v) is 8.99. The Morgan fingerprint density at radius 3 is 3.00 bits per heavy atom. The molecule has 15 heavy (non-hydrogen) atoms. The second-order valence-electron chi connectivity index (χ2n) is 3.43. The van der Waals surface area contributed by atoms with Crippen molar-refractivity contribution in [3.63, 3.8) is 0 Å². The number of carbonyl (C=O) groups is 1. The summed E-state index contributed by atoms with van der Waals surface area (Å²) in [6, 6.07) is 1.63. The number of aromatic nitrogens is 1. The number of hydrogen-bond donors (Lipinski definition) is 2. The molecular weight excluding hydrogens is 190 g/mol. The van der Waals surface area contributed by atoms with E-state index in [-0.39, 0.29) is 5.91 Å². The van der Waals surface area contributed by atoms with Crippen LogP contribution in [-0.2, 0) is 0 Å². The van der Waals surface area contributed by atoms with E-state index < -0.39 is 0 Å². The lowest BCUT2D eigenvalue weighted by molar-refractivity contribution is 0.0954. The van der Waals surface area contributed by atoms with Gasteiger partial charge < -0.3 is 11.1 Å². The van der Waals surface area contributed by atoms with E-state index in [9.17, 15) is 4.79 Å². The fraction of sp³-hybridized carbons (Fsp3) is 0.455. The number of unbranched alkanes of at least 4 members (excludes halogenated alkanes) is 2. The van der Waals surface area contributed by atoms with Crippen molar-refractivity contribution in [3.05, 3.63) is 24.0 Å². The smallest absolute Gasteiger partial charge is 0.253 e. The van der Waals surface area contributed by atoms with E-state index >= 15 is 0 Å². The third kappa shape index (κ3) is 3.58. The number of anilines is 1. The van der Waals surface area contributed by atoms with Crippen LogP contribution in [0.25, 0.3) is 0 Å². The SMILES string of the molecule is CCCCCNC(=O)c1ccncc1N. The van der Waals surface area contributed by atoms with Gasteiger partial charge in [-0.1, -0.05) is 19.8 Å². The van der Waals surface area contributed by atoms with Gasteiger partial charge in [0.2, 0.25) is 0 Å². The highest BCUT2D eigenvalue weighted by Crippen LogP contribution is 2.07. The van der Waals surface area contributed by atoms with Crippen molar-refractivity contribution in [1.29, 1.82) is 0 Å². The van der Waals surface area contributed by atoms with E-state index in [0.29, 0.717) is 17.8 Å². The van der Waals surface area contributed by atoms with Gasteiger partial charge in [0.15, 0.2) is 0 Å². The molecule has 0 aromatic carbocycles. The number of rotatable bonds is 5. The Morgan fingerprint density at radius 2 is 2.33 bits per heavy atom. The molecule has 4 heteroatoms. The van der Waals surface area contributed by atoms with Gasteiger partial charge >= 0.3 is 0 Å². The molecule has 0 saturated heterocycles. The van der Waals surface area contributed by atoms with Crippen molar-refractivity contribution in [2.75, 3.05) is 12.3 Å². The first kappa shape index (κ1) is 11.5. The molecule has 82 valence electrons. The number of amides is 1. The number of nitrogen functional groups attached to an aromatic ring is 1. The highest BCUT2D eigenvalue weighted by molar-refractivity contribution is 5.98. The van der Waals surface area contributed by atoms with Crippen LogP contribution < -0.4 is 11.1 Å². The van der Waals surface area contributed by atoms with E-state index in [1.165, 1.54) is 6.20 Å². The van der Waals surface area contributed by atoms with E-state index in [0.717, 1.165) is 19.3 Å². The molecule has 0 bridgehead atoms. The van der Waals surface area contributed by atoms with Crippen LogP contribution in [0.15, 0.2) is 18.5 Å². The Kier molecular flexibility index (Phi) is 4.60. The first-order chi connectivity index (χ1) is 7.25. The molecule has 0 radical (unpaired) electrons. The van der Waals surface area contributed by atoms with Crippen LogP contribution in [0.3, 0.4) is 0 Å². The van der Waals surface area contributed by atoms with Crippen LogP contribution in [0.2, 0.25) is 0 Å². The summed E-state index contributed by atoms with van der Waals surface area (Å²) in [5.41, 5.74) is 6.55. The number of carbonyl (C=O) groups excluding carboxylic acids is 1. The lowest BCUT2D eigenvalue weighted by Crippen LogP contribution is -2.25. The summed E-state index contributed by atoms with van der Waals surface area (Å²) in [6.07, 6.45) is 6.34. The van der Waals surface area contributed by atoms with Gasteiger partial charge in [-0.15, -0.1) is 0 Å². The predicted molar refractivity (Wildman–Crippen MR) is 60.5 cm³/mol. The molecule has 1 rings (SSSR count). The highest BCUT2D eigenvalue weighted by Gasteiger charge is 2.07. The quantitative estimate of drug-likeness (QED) is 0.720. The summed E-state index contributed by atoms with van der Waals surface area (Å²) < 4.78 is 0. The van der Waals surface area contributed by atoms with Crippen molar-refractivity contribution < 1.29 is 4.79 Å². The van der Waals surface area contributed by atoms with E-state index in [2.05, 4.69) is 17.2 Å². The lowest BCUT2D eigenvalue weighted by atomic mass is 10.2. The normalized spacial score (nSPS) is 9.93. The molecule has 0 aliphatic carbocycles. The first-order valence-corrected chi connectivity index (χ1v) is 5.23. The molecule has 0 aliphatic rings. The highest BCUT2D eigenvalue weighted by atomic mass is 16.1. The lowest BCUT2D eigenvalue weighted by Gasteiger charge is -2.06. The molecule has 1 amide bonds. The van der Waals surface area contributed by atoms with Gasteiger partial charge in [-0.2, -0.15) is 0 Å². The van der Waals surface area contributed by atoms with Gasteiger partial charge in [-0.25, -0.2) is 0 Å². The van der Waals surface area contributed by atoms with Gasteiger partial charge in [0.05, 0.1) is 17.4 Å². The minimum Gasteiger partial charge on any atom is -0.397 e. The molecule has 0 atom stereocenters. The molecule has 1 aromatic heterocycles. The molecule has 4 nitrogen and oxygen atoms in total. The van der Waals surface area contributed by atoms with Gasteiger partial charge in [-0.05, 0) is 12.5 Å². The maximum atomic E-state index is 11.6. The van der Waals surface area contributed by atoms with Crippen LogP contribution in [0, 0.1) is 0 Å². The van der Waals surface area contributed by atoms with Crippen molar-refractivity contribution in [3.8, 4) is 0 Å². The van der Waals surface area contributed by atoms with Gasteiger partial charge in [0.1, 0.15) is 0 Å². The van der Waals surface area contributed by atoms with Crippen LogP contribution in [0.5, 0.6) is 0 Å². The summed E-state index contributed by atoms with van der Waals surface area (Å²) in [4.78, 5) is 15.4. The largest absolute Gasteiger partial charge is 0.397 e. The van der Waals surface area contributed by atoms with E-state index in [1.807, 2.05) is 0 Å². The number of pyridine rings is 1. The first-order valence-electron chi connectivity index (χ1n) is 5.23. The summed E-state index contributed by atoms with van der Waals surface area (Å²) in [5, 5.41) is 2.83. The average Bonchev–Trinajstić information content (AvgIpc) is 2.25. The van der Waals surface area contributed by atoms with Gasteiger partial charge in [-0.3, -0.25) is 9.78 Å². The van der Waals surface area contributed by atoms with Crippen molar-refractivity contribution >= 4 is 11.6 Å². The van der Waals surface area contributed by atoms with E-state index in [1.54, 1.807) is 12.3 Å². The van der Waals surface area contributed by atoms with Crippen LogP contribution in [0.1, 0.15) is 36.5 Å². The molecule has 3 N–H and O–H groups in total. The second-order valence-corrected chi connectivity index (χ2v) is 3.43. The molecule has 0 unspecified atom stereocenters. The average molecular weight is 207 g/mol. The zero-order valence-electron chi connectivity index (χ0n) is 8.99. The third-order valence-electron chi connectivity index (χ3n) is 2.16. The molecule has 0 saturated carbocycles. The molecule has 0 spiro atoms. The van der Waals surface area contributed by atoms with Crippen molar-refractivity contribution in [2.24, 2.45) is 0 Å². The second kappa shape index (κ2) is 6.01. The summed E-state index contributed by atoms with van der Waals surface area (Å²) in [5.74, 6) is -0.119. The monoisotopic (exact) mass is 207 g/mol. The molecule has 1 aromatic rings. The maximum Gasteiger partial charge on any atom is 0.253 e. The Morgan fingerprint density at radius 1 is 1.53 bits per heavy atom. The Balaban J connectivity index is 2.44. The van der Waals surface area contributed by atoms with Gasteiger partial charge in [0, 0.05) is 12.7 Å². The molecular formula is C11H17N3O. The minimum atomic E-state index is -0.119. The van der Waals surface area contributed by atoms with E-state index in [4.69, 9.17) is 5.73 Å². The fourth-order valence-electron chi connectivity index (χ4n) is 1.29. The fourth-order valence-corrected chi connectivity index (χ4v) is 1.29. The predicted octanol–water partition coefficient (Wildman–Crippen LogP) is 1.58. The Hall–Kier alpha value is -1.58. The van der Waals surface area contributed by atoms with Crippen LogP contribution in [0.4, 0.5) is 5.69 Å². The molecule has 0 aliphatic heterocycles. The Labute approximate surface area is 89.9 Å². The van der Waals surface area contributed by atoms with Crippen LogP contribution in [-0.4, -0.2) is 17.4 Å². The molecule has 1 heterocycles. The van der Waals surface area contributed by atoms with Crippen molar-refractivity contribution in [1.82, 2.24) is 10.3 Å². The van der Waals surface area contributed by atoms with Gasteiger partial charge in [0.25, 0.3) is 5.91 Å². The number of nitrogens with zero attached hydrogens (tertiary/aromatic N) is 1. The third-order valence-corrected chi connectivity index (χ3v) is 2.16. The summed E-state index contributed by atoms with van der Waals surface area (Å²) >= 11 is 0. The van der Waals surface area contributed by atoms with Crippen molar-refractivity contribution in [2.45, 2.75) is 26.2 Å². The Bertz CT molecular complexity index is 325. The zero-order chi connectivity index (χ0) is 11.1.